The van der Waals surface area contributed by atoms with Crippen LogP contribution in [0.5, 0.6) is 5.06 Å². The smallest absolute Gasteiger partial charge is 0.344 e. The van der Waals surface area contributed by atoms with Crippen LogP contribution in [0.1, 0.15) is 22.8 Å². The largest absolute Gasteiger partial charge is 0.486 e. The summed E-state index contributed by atoms with van der Waals surface area (Å²) in [5.41, 5.74) is 3.12. The fourth-order valence-electron chi connectivity index (χ4n) is 1.79. The summed E-state index contributed by atoms with van der Waals surface area (Å²) in [5.74, 6) is -0.430. The van der Waals surface area contributed by atoms with Crippen molar-refractivity contribution in [3.8, 4) is 16.3 Å². The average molecular weight is 277 g/mol. The molecule has 0 bridgehead atoms. The topological polar surface area (TPSA) is 48.4 Å². The normalized spacial score (nSPS) is 10.3. The van der Waals surface area contributed by atoms with E-state index in [0.29, 0.717) is 16.3 Å². The lowest BCUT2D eigenvalue weighted by atomic mass is 10.0. The van der Waals surface area contributed by atoms with E-state index in [9.17, 15) is 4.79 Å². The first-order valence-electron chi connectivity index (χ1n) is 5.92. The van der Waals surface area contributed by atoms with Crippen molar-refractivity contribution in [2.45, 2.75) is 13.3 Å². The van der Waals surface area contributed by atoms with Crippen LogP contribution in [0.2, 0.25) is 0 Å². The molecule has 0 aliphatic heterocycles. The highest BCUT2D eigenvalue weighted by Gasteiger charge is 2.23. The van der Waals surface area contributed by atoms with Gasteiger partial charge in [-0.05, 0) is 12.0 Å². The fourth-order valence-corrected chi connectivity index (χ4v) is 2.51. The van der Waals surface area contributed by atoms with E-state index in [1.54, 1.807) is 0 Å². The molecule has 0 fully saturated rings. The van der Waals surface area contributed by atoms with Crippen LogP contribution in [-0.2, 0) is 11.2 Å². The highest BCUT2D eigenvalue weighted by Crippen LogP contribution is 2.34. The molecule has 0 amide bonds. The molecule has 0 radical (unpaired) electrons. The number of hydrogen-bond donors (Lipinski definition) is 0. The zero-order valence-electron chi connectivity index (χ0n) is 11.1. The van der Waals surface area contributed by atoms with Crippen molar-refractivity contribution in [3.05, 3.63) is 35.4 Å². The number of methoxy groups -OCH3 is 2. The van der Waals surface area contributed by atoms with Gasteiger partial charge in [-0.25, -0.2) is 4.79 Å². The number of aryl methyl sites for hydroxylation is 1. The van der Waals surface area contributed by atoms with E-state index >= 15 is 0 Å². The molecule has 1 aromatic carbocycles. The van der Waals surface area contributed by atoms with Crippen molar-refractivity contribution in [2.75, 3.05) is 14.2 Å². The van der Waals surface area contributed by atoms with E-state index < -0.39 is 5.97 Å². The van der Waals surface area contributed by atoms with Gasteiger partial charge in [-0.2, -0.15) is 4.37 Å². The summed E-state index contributed by atoms with van der Waals surface area (Å²) in [5, 5.41) is 0.474. The van der Waals surface area contributed by atoms with Gasteiger partial charge in [0, 0.05) is 17.1 Å². The maximum atomic E-state index is 11.8. The van der Waals surface area contributed by atoms with Gasteiger partial charge in [-0.3, -0.25) is 0 Å². The molecule has 100 valence electrons. The lowest BCUT2D eigenvalue weighted by Crippen LogP contribution is -2.03. The van der Waals surface area contributed by atoms with E-state index in [-0.39, 0.29) is 0 Å². The Balaban J connectivity index is 2.48. The quantitative estimate of drug-likeness (QED) is 0.805. The summed E-state index contributed by atoms with van der Waals surface area (Å²) in [6.07, 6.45) is 0.977. The molecule has 1 heterocycles. The molecule has 5 heteroatoms. The second kappa shape index (κ2) is 5.84. The number of benzene rings is 1. The standard InChI is InChI=1S/C14H15NO3S/c1-4-9-5-7-10(8-6-9)12-11(13(16)17-2)14(18-3)19-15-12/h5-8H,4H2,1-3H3. The van der Waals surface area contributed by atoms with Crippen LogP contribution in [-0.4, -0.2) is 24.6 Å². The first kappa shape index (κ1) is 13.5. The summed E-state index contributed by atoms with van der Waals surface area (Å²) in [6.45, 7) is 2.10. The van der Waals surface area contributed by atoms with E-state index in [1.165, 1.54) is 19.8 Å². The molecule has 0 aliphatic rings. The molecule has 2 rings (SSSR count). The Hall–Kier alpha value is -1.88. The van der Waals surface area contributed by atoms with Crippen LogP contribution < -0.4 is 4.74 Å². The summed E-state index contributed by atoms with van der Waals surface area (Å²) in [6, 6.07) is 7.98. The Bertz CT molecular complexity index is 575. The van der Waals surface area contributed by atoms with Crippen LogP contribution in [0.25, 0.3) is 11.3 Å². The van der Waals surface area contributed by atoms with Gasteiger partial charge in [0.15, 0.2) is 0 Å². The molecule has 2 aromatic rings. The van der Waals surface area contributed by atoms with Gasteiger partial charge in [-0.1, -0.05) is 31.2 Å². The number of carbonyl (C=O) groups excluding carboxylic acids is 1. The Morgan fingerprint density at radius 1 is 1.26 bits per heavy atom. The van der Waals surface area contributed by atoms with Crippen LogP contribution in [0.4, 0.5) is 0 Å². The van der Waals surface area contributed by atoms with Crippen molar-refractivity contribution >= 4 is 17.5 Å². The van der Waals surface area contributed by atoms with Gasteiger partial charge < -0.3 is 9.47 Å². The molecule has 0 N–H and O–H groups in total. The monoisotopic (exact) mass is 277 g/mol. The zero-order chi connectivity index (χ0) is 13.8. The Kier molecular flexibility index (Phi) is 4.16. The van der Waals surface area contributed by atoms with E-state index in [1.807, 2.05) is 24.3 Å². The molecule has 0 atom stereocenters. The summed E-state index contributed by atoms with van der Waals surface area (Å²) >= 11 is 1.15. The Morgan fingerprint density at radius 3 is 2.47 bits per heavy atom. The Morgan fingerprint density at radius 2 is 1.95 bits per heavy atom. The number of nitrogens with zero attached hydrogens (tertiary/aromatic N) is 1. The van der Waals surface area contributed by atoms with Crippen molar-refractivity contribution in [2.24, 2.45) is 0 Å². The van der Waals surface area contributed by atoms with Gasteiger partial charge in [0.05, 0.1) is 14.2 Å². The SMILES string of the molecule is CCc1ccc(-c2nsc(OC)c2C(=O)OC)cc1. The third-order valence-corrected chi connectivity index (χ3v) is 3.68. The summed E-state index contributed by atoms with van der Waals surface area (Å²) < 4.78 is 14.3. The molecule has 0 saturated heterocycles. The first-order valence-corrected chi connectivity index (χ1v) is 6.69. The summed E-state index contributed by atoms with van der Waals surface area (Å²) in [7, 11) is 2.87. The number of hydrogen-bond acceptors (Lipinski definition) is 5. The predicted octanol–water partition coefficient (Wildman–Crippen LogP) is 3.17. The zero-order valence-corrected chi connectivity index (χ0v) is 11.9. The second-order valence-electron chi connectivity index (χ2n) is 3.94. The minimum atomic E-state index is -0.430. The maximum absolute atomic E-state index is 11.8. The third-order valence-electron chi connectivity index (χ3n) is 2.87. The molecule has 1 aromatic heterocycles. The van der Waals surface area contributed by atoms with Crippen LogP contribution >= 0.6 is 11.5 Å². The lowest BCUT2D eigenvalue weighted by Gasteiger charge is -2.04. The molecular formula is C14H15NO3S. The Labute approximate surface area is 116 Å². The van der Waals surface area contributed by atoms with Crippen LogP contribution in [0.15, 0.2) is 24.3 Å². The average Bonchev–Trinajstić information content (AvgIpc) is 2.90. The number of aromatic nitrogens is 1. The molecule has 0 saturated carbocycles. The molecule has 19 heavy (non-hydrogen) atoms. The number of ether oxygens (including phenoxy) is 2. The fraction of sp³-hybridized carbons (Fsp3) is 0.286. The van der Waals surface area contributed by atoms with E-state index in [4.69, 9.17) is 9.47 Å². The van der Waals surface area contributed by atoms with Gasteiger partial charge in [0.2, 0.25) is 5.06 Å². The second-order valence-corrected chi connectivity index (χ2v) is 4.68. The maximum Gasteiger partial charge on any atom is 0.344 e. The predicted molar refractivity (Wildman–Crippen MR) is 74.8 cm³/mol. The molecule has 0 aliphatic carbocycles. The number of rotatable bonds is 4. The minimum Gasteiger partial charge on any atom is -0.486 e. The van der Waals surface area contributed by atoms with Crippen molar-refractivity contribution in [1.29, 1.82) is 0 Å². The molecule has 4 nitrogen and oxygen atoms in total. The third kappa shape index (κ3) is 2.61. The molecular weight excluding hydrogens is 262 g/mol. The van der Waals surface area contributed by atoms with Crippen LogP contribution in [0.3, 0.4) is 0 Å². The molecule has 0 spiro atoms. The van der Waals surface area contributed by atoms with E-state index in [2.05, 4.69) is 11.3 Å². The van der Waals surface area contributed by atoms with Gasteiger partial charge in [-0.15, -0.1) is 0 Å². The number of esters is 1. The van der Waals surface area contributed by atoms with Gasteiger partial charge in [0.1, 0.15) is 11.3 Å². The number of carbonyl (C=O) groups is 1. The highest BCUT2D eigenvalue weighted by molar-refractivity contribution is 7.08. The first-order chi connectivity index (χ1) is 9.21. The highest BCUT2D eigenvalue weighted by atomic mass is 32.1. The van der Waals surface area contributed by atoms with Gasteiger partial charge >= 0.3 is 5.97 Å². The van der Waals surface area contributed by atoms with E-state index in [0.717, 1.165) is 23.5 Å². The summed E-state index contributed by atoms with van der Waals surface area (Å²) in [4.78, 5) is 11.8. The lowest BCUT2D eigenvalue weighted by molar-refractivity contribution is 0.0599. The van der Waals surface area contributed by atoms with Crippen molar-refractivity contribution in [3.63, 3.8) is 0 Å². The minimum absolute atomic E-state index is 0.388. The van der Waals surface area contributed by atoms with Crippen molar-refractivity contribution < 1.29 is 14.3 Å². The van der Waals surface area contributed by atoms with Crippen LogP contribution in [0, 0.1) is 0 Å². The van der Waals surface area contributed by atoms with Gasteiger partial charge in [0.25, 0.3) is 0 Å². The van der Waals surface area contributed by atoms with Crippen molar-refractivity contribution in [1.82, 2.24) is 4.37 Å². The molecule has 0 unspecified atom stereocenters.